The van der Waals surface area contributed by atoms with Gasteiger partial charge in [-0.3, -0.25) is 0 Å². The zero-order valence-corrected chi connectivity index (χ0v) is 27.2. The minimum Gasteiger partial charge on any atom is -0.485 e. The molecule has 4 aliphatic rings. The summed E-state index contributed by atoms with van der Waals surface area (Å²) in [6.07, 6.45) is 12.7. The van der Waals surface area contributed by atoms with Crippen molar-refractivity contribution in [1.82, 2.24) is 15.0 Å². The lowest BCUT2D eigenvalue weighted by Gasteiger charge is -2.34. The number of hydrogen-bond acceptors (Lipinski definition) is 5. The van der Waals surface area contributed by atoms with Crippen molar-refractivity contribution in [3.8, 4) is 17.1 Å². The number of fused-ring (bicyclic) bond motifs is 5. The number of ether oxygens (including phenoxy) is 1. The highest BCUT2D eigenvalue weighted by molar-refractivity contribution is 7.99. The van der Waals surface area contributed by atoms with Gasteiger partial charge in [0, 0.05) is 49.8 Å². The maximum Gasteiger partial charge on any atom is 0.163 e. The van der Waals surface area contributed by atoms with E-state index in [2.05, 4.69) is 111 Å². The molecule has 1 aromatic heterocycles. The summed E-state index contributed by atoms with van der Waals surface area (Å²) in [6.45, 7) is 4.67. The van der Waals surface area contributed by atoms with Crippen molar-refractivity contribution in [3.63, 3.8) is 0 Å². The second-order valence-electron chi connectivity index (χ2n) is 13.1. The fourth-order valence-electron chi connectivity index (χ4n) is 7.25. The van der Waals surface area contributed by atoms with Gasteiger partial charge in [0.15, 0.2) is 11.6 Å². The van der Waals surface area contributed by atoms with Crippen molar-refractivity contribution in [2.24, 2.45) is 0 Å². The Hall–Kier alpha value is -5.00. The average molecular weight is 628 g/mol. The Morgan fingerprint density at radius 1 is 0.745 bits per heavy atom. The number of benzene rings is 4. The summed E-state index contributed by atoms with van der Waals surface area (Å²) in [5, 5.41) is 0. The number of hydrogen-bond donors (Lipinski definition) is 0. The molecule has 47 heavy (non-hydrogen) atoms. The molecular weight excluding hydrogens is 595 g/mol. The Morgan fingerprint density at radius 2 is 1.53 bits per heavy atom. The summed E-state index contributed by atoms with van der Waals surface area (Å²) in [5.74, 6) is 3.23. The number of rotatable bonds is 4. The van der Waals surface area contributed by atoms with Crippen molar-refractivity contribution in [1.29, 1.82) is 0 Å². The molecule has 2 aliphatic carbocycles. The van der Waals surface area contributed by atoms with Crippen molar-refractivity contribution in [2.75, 3.05) is 0 Å². The van der Waals surface area contributed by atoms with Crippen LogP contribution in [0.2, 0.25) is 0 Å². The lowest BCUT2D eigenvalue weighted by molar-refractivity contribution is 0.281. The third-order valence-corrected chi connectivity index (χ3v) is 11.0. The first-order valence-electron chi connectivity index (χ1n) is 16.3. The fourth-order valence-corrected chi connectivity index (χ4v) is 8.69. The van der Waals surface area contributed by atoms with Crippen LogP contribution in [0.25, 0.3) is 28.1 Å². The van der Waals surface area contributed by atoms with Crippen LogP contribution in [0.15, 0.2) is 137 Å². The molecule has 0 amide bonds. The molecule has 0 spiro atoms. The summed E-state index contributed by atoms with van der Waals surface area (Å²) in [4.78, 5) is 17.8. The molecule has 5 aromatic rings. The van der Waals surface area contributed by atoms with Gasteiger partial charge < -0.3 is 4.74 Å². The molecule has 0 radical (unpaired) electrons. The van der Waals surface area contributed by atoms with Crippen molar-refractivity contribution >= 4 is 28.5 Å². The van der Waals surface area contributed by atoms with E-state index in [1.165, 1.54) is 43.2 Å². The molecular formula is C42H33N3OS. The van der Waals surface area contributed by atoms with Crippen LogP contribution in [-0.2, 0) is 5.41 Å². The number of allylic oxidation sites excluding steroid dienone is 6. The van der Waals surface area contributed by atoms with Crippen molar-refractivity contribution < 1.29 is 4.74 Å². The van der Waals surface area contributed by atoms with Crippen LogP contribution in [0.4, 0.5) is 0 Å². The second kappa shape index (κ2) is 11.1. The van der Waals surface area contributed by atoms with E-state index < -0.39 is 0 Å². The zero-order valence-electron chi connectivity index (χ0n) is 26.4. The van der Waals surface area contributed by atoms with E-state index in [1.807, 2.05) is 42.1 Å². The van der Waals surface area contributed by atoms with Crippen molar-refractivity contribution in [2.45, 2.75) is 53.9 Å². The molecule has 228 valence electrons. The molecule has 0 saturated heterocycles. The Balaban J connectivity index is 1.02. The zero-order chi connectivity index (χ0) is 31.5. The molecule has 4 nitrogen and oxygen atoms in total. The number of nitrogens with zero attached hydrogens (tertiary/aromatic N) is 3. The van der Waals surface area contributed by atoms with Gasteiger partial charge in [-0.2, -0.15) is 0 Å². The van der Waals surface area contributed by atoms with E-state index in [1.54, 1.807) is 0 Å². The Labute approximate surface area is 279 Å². The first-order valence-corrected chi connectivity index (χ1v) is 17.1. The first-order chi connectivity index (χ1) is 23.0. The quantitative estimate of drug-likeness (QED) is 0.198. The summed E-state index contributed by atoms with van der Waals surface area (Å²) >= 11 is 1.88. The minimum absolute atomic E-state index is 0.0244. The van der Waals surface area contributed by atoms with Gasteiger partial charge in [-0.05, 0) is 46.9 Å². The molecule has 2 unspecified atom stereocenters. The van der Waals surface area contributed by atoms with Gasteiger partial charge in [0.05, 0.1) is 0 Å². The molecule has 9 rings (SSSR count). The summed E-state index contributed by atoms with van der Waals surface area (Å²) < 4.78 is 6.34. The molecule has 2 atom stereocenters. The van der Waals surface area contributed by atoms with Gasteiger partial charge in [-0.15, -0.1) is 0 Å². The monoisotopic (exact) mass is 627 g/mol. The molecule has 0 N–H and O–H groups in total. The van der Waals surface area contributed by atoms with Gasteiger partial charge >= 0.3 is 0 Å². The molecule has 0 saturated carbocycles. The number of aromatic nitrogens is 3. The van der Waals surface area contributed by atoms with E-state index in [-0.39, 0.29) is 17.4 Å². The van der Waals surface area contributed by atoms with Gasteiger partial charge in [-0.25, -0.2) is 15.0 Å². The van der Waals surface area contributed by atoms with Crippen LogP contribution in [0.5, 0.6) is 5.75 Å². The Morgan fingerprint density at radius 3 is 2.40 bits per heavy atom. The molecule has 0 fully saturated rings. The largest absolute Gasteiger partial charge is 0.485 e. The average Bonchev–Trinajstić information content (AvgIpc) is 3.50. The minimum atomic E-state index is -0.0262. The molecule has 3 heterocycles. The summed E-state index contributed by atoms with van der Waals surface area (Å²) in [6, 6.07) is 34.2. The molecule has 5 heteroatoms. The Kier molecular flexibility index (Phi) is 6.65. The maximum atomic E-state index is 6.34. The van der Waals surface area contributed by atoms with E-state index in [0.29, 0.717) is 5.82 Å². The van der Waals surface area contributed by atoms with E-state index >= 15 is 0 Å². The van der Waals surface area contributed by atoms with Crippen molar-refractivity contribution in [3.05, 3.63) is 161 Å². The van der Waals surface area contributed by atoms with Crippen LogP contribution in [0, 0.1) is 0 Å². The summed E-state index contributed by atoms with van der Waals surface area (Å²) in [5.41, 5.74) is 9.71. The van der Waals surface area contributed by atoms with E-state index in [4.69, 9.17) is 19.7 Å². The smallest absolute Gasteiger partial charge is 0.163 e. The van der Waals surface area contributed by atoms with Gasteiger partial charge in [0.25, 0.3) is 0 Å². The van der Waals surface area contributed by atoms with Gasteiger partial charge in [0.2, 0.25) is 0 Å². The third kappa shape index (κ3) is 4.88. The van der Waals surface area contributed by atoms with E-state index in [9.17, 15) is 0 Å². The van der Waals surface area contributed by atoms with Gasteiger partial charge in [0.1, 0.15) is 17.7 Å². The normalized spacial score (nSPS) is 20.1. The van der Waals surface area contributed by atoms with Crippen LogP contribution < -0.4 is 4.74 Å². The van der Waals surface area contributed by atoms with E-state index in [0.717, 1.165) is 41.4 Å². The van der Waals surface area contributed by atoms with Crippen LogP contribution in [0.1, 0.15) is 66.5 Å². The first kappa shape index (κ1) is 28.2. The third-order valence-electron chi connectivity index (χ3n) is 9.86. The van der Waals surface area contributed by atoms with Crippen LogP contribution in [-0.4, -0.2) is 21.1 Å². The van der Waals surface area contributed by atoms with Gasteiger partial charge in [-0.1, -0.05) is 135 Å². The SMILES string of the molecule is CC1(C)c2ccccc2Sc2cc(C3=CCC(c4nc(C5=CC=C6c7ccccc7OC6C5)nc(-c5ccccc5)n4)C=C3)ccc21. The highest BCUT2D eigenvalue weighted by Gasteiger charge is 2.34. The molecule has 0 bridgehead atoms. The topological polar surface area (TPSA) is 47.9 Å². The predicted octanol–water partition coefficient (Wildman–Crippen LogP) is 10.1. The van der Waals surface area contributed by atoms with Crippen LogP contribution >= 0.6 is 11.8 Å². The standard InChI is InChI=1S/C42H33N3OS/c1-42(2)33-13-7-9-15-37(33)47-38-25-29(21-23-34(38)42)26-16-18-28(19-17-26)40-43-39(27-10-4-3-5-11-27)44-41(45-40)30-20-22-32-31-12-6-8-14-35(31)46-36(32)24-30/h3-18,20-23,25,28,36H,19,24H2,1-2H3. The lowest BCUT2D eigenvalue weighted by Crippen LogP contribution is -2.23. The second-order valence-corrected chi connectivity index (χ2v) is 14.2. The number of para-hydroxylation sites is 1. The maximum absolute atomic E-state index is 6.34. The molecule has 2 aliphatic heterocycles. The van der Waals surface area contributed by atoms with Crippen LogP contribution in [0.3, 0.4) is 0 Å². The Bertz CT molecular complexity index is 2190. The highest BCUT2D eigenvalue weighted by atomic mass is 32.2. The predicted molar refractivity (Wildman–Crippen MR) is 190 cm³/mol. The fraction of sp³-hybridized carbons (Fsp3) is 0.167. The molecule has 4 aromatic carbocycles. The highest BCUT2D eigenvalue weighted by Crippen LogP contribution is 2.50. The lowest BCUT2D eigenvalue weighted by atomic mass is 9.77. The summed E-state index contributed by atoms with van der Waals surface area (Å²) in [7, 11) is 0.